The third-order valence-corrected chi connectivity index (χ3v) is 4.51. The number of hydrogen-bond donors (Lipinski definition) is 1. The van der Waals surface area contributed by atoms with E-state index in [1.807, 2.05) is 12.1 Å². The molecule has 1 aromatic heterocycles. The van der Waals surface area contributed by atoms with Crippen LogP contribution in [0.15, 0.2) is 30.3 Å². The summed E-state index contributed by atoms with van der Waals surface area (Å²) >= 11 is 0. The maximum absolute atomic E-state index is 9.68. The molecule has 1 saturated heterocycles. The van der Waals surface area contributed by atoms with E-state index in [0.717, 1.165) is 37.3 Å². The summed E-state index contributed by atoms with van der Waals surface area (Å²) in [6.07, 6.45) is 1.15. The number of benzene rings is 1. The Balaban J connectivity index is 1.60. The third-order valence-electron chi connectivity index (χ3n) is 4.51. The first kappa shape index (κ1) is 17.7. The molecular formula is C21H27N3O. The zero-order chi connectivity index (χ0) is 18.0. The van der Waals surface area contributed by atoms with Crippen molar-refractivity contribution < 1.29 is 5.11 Å². The average molecular weight is 337 g/mol. The van der Waals surface area contributed by atoms with Gasteiger partial charge in [0.15, 0.2) is 0 Å². The van der Waals surface area contributed by atoms with Crippen LogP contribution in [-0.4, -0.2) is 38.5 Å². The Morgan fingerprint density at radius 3 is 2.56 bits per heavy atom. The first-order chi connectivity index (χ1) is 11.8. The smallest absolute Gasteiger partial charge is 0.120 e. The lowest BCUT2D eigenvalue weighted by atomic mass is 10.1. The van der Waals surface area contributed by atoms with Crippen LogP contribution in [0.1, 0.15) is 48.8 Å². The number of aliphatic hydroxyl groups is 1. The number of aryl methyl sites for hydroxylation is 2. The molecule has 0 spiro atoms. The summed E-state index contributed by atoms with van der Waals surface area (Å²) in [5.41, 5.74) is 3.63. The normalized spacial score (nSPS) is 18.2. The second kappa shape index (κ2) is 7.03. The molecule has 0 amide bonds. The second-order valence-corrected chi connectivity index (χ2v) is 7.56. The van der Waals surface area contributed by atoms with Gasteiger partial charge in [0.1, 0.15) is 5.60 Å². The first-order valence-corrected chi connectivity index (χ1v) is 8.90. The molecule has 132 valence electrons. The van der Waals surface area contributed by atoms with Crippen LogP contribution in [0.3, 0.4) is 0 Å². The van der Waals surface area contributed by atoms with E-state index in [2.05, 4.69) is 58.6 Å². The Morgan fingerprint density at radius 1 is 1.24 bits per heavy atom. The lowest BCUT2D eigenvalue weighted by molar-refractivity contribution is 0.143. The molecule has 2 aromatic rings. The van der Waals surface area contributed by atoms with Crippen LogP contribution >= 0.6 is 0 Å². The van der Waals surface area contributed by atoms with Crippen LogP contribution in [0.5, 0.6) is 0 Å². The molecule has 0 radical (unpaired) electrons. The minimum absolute atomic E-state index is 0.477. The van der Waals surface area contributed by atoms with Gasteiger partial charge in [0.25, 0.3) is 0 Å². The minimum atomic E-state index is -0.952. The van der Waals surface area contributed by atoms with E-state index in [9.17, 15) is 5.11 Å². The van der Waals surface area contributed by atoms with E-state index in [1.165, 1.54) is 11.3 Å². The van der Waals surface area contributed by atoms with Crippen molar-refractivity contribution in [2.45, 2.75) is 52.3 Å². The number of hydrogen-bond acceptors (Lipinski definition) is 3. The summed E-state index contributed by atoms with van der Waals surface area (Å²) in [6.45, 7) is 10.7. The second-order valence-electron chi connectivity index (χ2n) is 7.56. The summed E-state index contributed by atoms with van der Waals surface area (Å²) in [5.74, 6) is 5.86. The topological polar surface area (TPSA) is 41.3 Å². The predicted molar refractivity (Wildman–Crippen MR) is 100 cm³/mol. The average Bonchev–Trinajstić information content (AvgIpc) is 3.12. The van der Waals surface area contributed by atoms with Gasteiger partial charge in [-0.3, -0.25) is 9.58 Å². The van der Waals surface area contributed by atoms with E-state index >= 15 is 0 Å². The highest BCUT2D eigenvalue weighted by Gasteiger charge is 2.25. The van der Waals surface area contributed by atoms with Crippen LogP contribution in [0, 0.1) is 25.7 Å². The SMILES string of the molecule is Cc1cc(C)n([C@H]2CCN(Cc3ccc(C#CC(C)(C)O)cc3)C2)n1. The molecule has 1 fully saturated rings. The highest BCUT2D eigenvalue weighted by Crippen LogP contribution is 2.24. The van der Waals surface area contributed by atoms with Crippen molar-refractivity contribution in [3.63, 3.8) is 0 Å². The first-order valence-electron chi connectivity index (χ1n) is 8.90. The molecule has 2 heterocycles. The molecule has 0 bridgehead atoms. The number of nitrogens with zero attached hydrogens (tertiary/aromatic N) is 3. The molecule has 25 heavy (non-hydrogen) atoms. The monoisotopic (exact) mass is 337 g/mol. The van der Waals surface area contributed by atoms with Crippen LogP contribution < -0.4 is 0 Å². The van der Waals surface area contributed by atoms with Gasteiger partial charge in [0.05, 0.1) is 11.7 Å². The molecule has 4 heteroatoms. The molecule has 4 nitrogen and oxygen atoms in total. The zero-order valence-corrected chi connectivity index (χ0v) is 15.6. The van der Waals surface area contributed by atoms with Gasteiger partial charge in [-0.05, 0) is 57.9 Å². The highest BCUT2D eigenvalue weighted by molar-refractivity contribution is 5.37. The molecule has 0 saturated carbocycles. The summed E-state index contributed by atoms with van der Waals surface area (Å²) in [6, 6.07) is 10.9. The van der Waals surface area contributed by atoms with Crippen molar-refractivity contribution in [1.29, 1.82) is 0 Å². The molecule has 1 aliphatic rings. The largest absolute Gasteiger partial charge is 0.378 e. The van der Waals surface area contributed by atoms with E-state index in [4.69, 9.17) is 0 Å². The van der Waals surface area contributed by atoms with E-state index < -0.39 is 5.60 Å². The van der Waals surface area contributed by atoms with Crippen molar-refractivity contribution in [1.82, 2.24) is 14.7 Å². The molecule has 0 unspecified atom stereocenters. The van der Waals surface area contributed by atoms with Crippen LogP contribution in [0.25, 0.3) is 0 Å². The Morgan fingerprint density at radius 2 is 1.96 bits per heavy atom. The lowest BCUT2D eigenvalue weighted by Gasteiger charge is -2.17. The molecule has 1 aromatic carbocycles. The summed E-state index contributed by atoms with van der Waals surface area (Å²) in [7, 11) is 0. The number of aromatic nitrogens is 2. The molecule has 1 aliphatic heterocycles. The van der Waals surface area contributed by atoms with Gasteiger partial charge in [-0.2, -0.15) is 5.10 Å². The van der Waals surface area contributed by atoms with E-state index in [0.29, 0.717) is 6.04 Å². The Labute approximate surface area is 150 Å². The van der Waals surface area contributed by atoms with Crippen molar-refractivity contribution >= 4 is 0 Å². The van der Waals surface area contributed by atoms with Crippen molar-refractivity contribution in [2.75, 3.05) is 13.1 Å². The van der Waals surface area contributed by atoms with Crippen LogP contribution in [-0.2, 0) is 6.54 Å². The summed E-state index contributed by atoms with van der Waals surface area (Å²) < 4.78 is 2.19. The van der Waals surface area contributed by atoms with Gasteiger partial charge >= 0.3 is 0 Å². The molecule has 1 atom stereocenters. The van der Waals surface area contributed by atoms with Crippen molar-refractivity contribution in [2.24, 2.45) is 0 Å². The fraction of sp³-hybridized carbons (Fsp3) is 0.476. The maximum atomic E-state index is 9.68. The fourth-order valence-corrected chi connectivity index (χ4v) is 3.35. The molecule has 0 aliphatic carbocycles. The van der Waals surface area contributed by atoms with Crippen LogP contribution in [0.2, 0.25) is 0 Å². The Kier molecular flexibility index (Phi) is 4.99. The minimum Gasteiger partial charge on any atom is -0.378 e. The number of rotatable bonds is 3. The fourth-order valence-electron chi connectivity index (χ4n) is 3.35. The van der Waals surface area contributed by atoms with E-state index in [1.54, 1.807) is 13.8 Å². The molecule has 1 N–H and O–H groups in total. The molecule has 3 rings (SSSR count). The van der Waals surface area contributed by atoms with Gasteiger partial charge in [-0.1, -0.05) is 24.0 Å². The van der Waals surface area contributed by atoms with Crippen molar-refractivity contribution in [3.05, 3.63) is 52.8 Å². The molecular weight excluding hydrogens is 310 g/mol. The van der Waals surface area contributed by atoms with E-state index in [-0.39, 0.29) is 0 Å². The van der Waals surface area contributed by atoms with Gasteiger partial charge in [0, 0.05) is 30.9 Å². The summed E-state index contributed by atoms with van der Waals surface area (Å²) in [4.78, 5) is 2.48. The van der Waals surface area contributed by atoms with Gasteiger partial charge in [-0.15, -0.1) is 0 Å². The van der Waals surface area contributed by atoms with Crippen molar-refractivity contribution in [3.8, 4) is 11.8 Å². The van der Waals surface area contributed by atoms with Crippen LogP contribution in [0.4, 0.5) is 0 Å². The van der Waals surface area contributed by atoms with Gasteiger partial charge in [0.2, 0.25) is 0 Å². The van der Waals surface area contributed by atoms with Gasteiger partial charge in [-0.25, -0.2) is 0 Å². The maximum Gasteiger partial charge on any atom is 0.120 e. The predicted octanol–water partition coefficient (Wildman–Crippen LogP) is 3.07. The third kappa shape index (κ3) is 4.72. The quantitative estimate of drug-likeness (QED) is 0.875. The summed E-state index contributed by atoms with van der Waals surface area (Å²) in [5, 5.41) is 14.3. The lowest BCUT2D eigenvalue weighted by Crippen LogP contribution is -2.22. The van der Waals surface area contributed by atoms with Gasteiger partial charge < -0.3 is 5.11 Å². The Bertz CT molecular complexity index is 787. The standard InChI is InChI=1S/C21H27N3O/c1-16-13-17(2)24(22-16)20-10-12-23(15-20)14-19-7-5-18(6-8-19)9-11-21(3,4)25/h5-8,13,20,25H,10,12,14-15H2,1-4H3/t20-/m0/s1. The Hall–Kier alpha value is -2.09. The number of likely N-dealkylation sites (tertiary alicyclic amines) is 1. The highest BCUT2D eigenvalue weighted by atomic mass is 16.3. The zero-order valence-electron chi connectivity index (χ0n) is 15.6.